The largest absolute Gasteiger partial charge is 0.481 e. The highest BCUT2D eigenvalue weighted by atomic mass is 35.5. The summed E-state index contributed by atoms with van der Waals surface area (Å²) in [5.41, 5.74) is 0.438. The molecular formula is C10H7ClN2O4. The number of halogens is 1. The van der Waals surface area contributed by atoms with Gasteiger partial charge in [0.2, 0.25) is 0 Å². The van der Waals surface area contributed by atoms with Crippen LogP contribution in [-0.2, 0) is 11.2 Å². The van der Waals surface area contributed by atoms with Gasteiger partial charge < -0.3 is 10.2 Å². The van der Waals surface area contributed by atoms with E-state index in [1.807, 2.05) is 0 Å². The maximum Gasteiger partial charge on any atom is 0.354 e. The standard InChI is InChI=1S/C10H7ClN2O4/c11-5-1-2-8-12-4-7(10(16)17)13(8)6(5)3-9(14)15/h1-2,4H,3H2,(H,14,15)(H,16,17). The van der Waals surface area contributed by atoms with Gasteiger partial charge in [0.25, 0.3) is 0 Å². The van der Waals surface area contributed by atoms with E-state index in [2.05, 4.69) is 4.98 Å². The smallest absolute Gasteiger partial charge is 0.354 e. The van der Waals surface area contributed by atoms with Crippen LogP contribution in [0.5, 0.6) is 0 Å². The highest BCUT2D eigenvalue weighted by Crippen LogP contribution is 2.20. The van der Waals surface area contributed by atoms with Gasteiger partial charge in [0.15, 0.2) is 5.69 Å². The Hall–Kier alpha value is -2.08. The quantitative estimate of drug-likeness (QED) is 0.862. The van der Waals surface area contributed by atoms with Gasteiger partial charge in [-0.2, -0.15) is 0 Å². The van der Waals surface area contributed by atoms with Crippen molar-refractivity contribution in [3.8, 4) is 0 Å². The molecule has 0 aliphatic rings. The molecule has 2 rings (SSSR count). The van der Waals surface area contributed by atoms with Crippen LogP contribution < -0.4 is 0 Å². The van der Waals surface area contributed by atoms with E-state index in [-0.39, 0.29) is 22.8 Å². The highest BCUT2D eigenvalue weighted by Gasteiger charge is 2.17. The lowest BCUT2D eigenvalue weighted by Crippen LogP contribution is -2.10. The number of hydrogen-bond acceptors (Lipinski definition) is 3. The van der Waals surface area contributed by atoms with Crippen molar-refractivity contribution in [1.82, 2.24) is 9.38 Å². The van der Waals surface area contributed by atoms with E-state index >= 15 is 0 Å². The van der Waals surface area contributed by atoms with Crippen molar-refractivity contribution in [3.63, 3.8) is 0 Å². The molecule has 0 saturated carbocycles. The van der Waals surface area contributed by atoms with E-state index in [4.69, 9.17) is 21.8 Å². The SMILES string of the molecule is O=C(O)Cc1c(Cl)ccc2ncc(C(=O)O)n12. The second-order valence-corrected chi connectivity index (χ2v) is 3.75. The van der Waals surface area contributed by atoms with Crippen LogP contribution in [-0.4, -0.2) is 31.5 Å². The molecular weight excluding hydrogens is 248 g/mol. The van der Waals surface area contributed by atoms with E-state index in [0.717, 1.165) is 0 Å². The number of carbonyl (C=O) groups is 2. The number of aromatic carboxylic acids is 1. The van der Waals surface area contributed by atoms with E-state index in [0.29, 0.717) is 5.65 Å². The first-order valence-corrected chi connectivity index (χ1v) is 4.98. The Bertz CT molecular complexity index is 620. The third-order valence-electron chi connectivity index (χ3n) is 2.25. The average Bonchev–Trinajstić information content (AvgIpc) is 2.65. The van der Waals surface area contributed by atoms with E-state index in [1.165, 1.54) is 22.7 Å². The van der Waals surface area contributed by atoms with Gasteiger partial charge in [0, 0.05) is 0 Å². The highest BCUT2D eigenvalue weighted by molar-refractivity contribution is 6.31. The van der Waals surface area contributed by atoms with Crippen LogP contribution in [0.1, 0.15) is 16.2 Å². The topological polar surface area (TPSA) is 91.9 Å². The van der Waals surface area contributed by atoms with E-state index in [9.17, 15) is 9.59 Å². The second kappa shape index (κ2) is 4.06. The first-order chi connectivity index (χ1) is 8.00. The number of aliphatic carboxylic acids is 1. The van der Waals surface area contributed by atoms with Gasteiger partial charge in [-0.1, -0.05) is 11.6 Å². The predicted molar refractivity (Wildman–Crippen MR) is 58.5 cm³/mol. The Kier molecular flexibility index (Phi) is 2.72. The fraction of sp³-hybridized carbons (Fsp3) is 0.100. The molecule has 0 spiro atoms. The van der Waals surface area contributed by atoms with E-state index < -0.39 is 11.9 Å². The van der Waals surface area contributed by atoms with Crippen LogP contribution in [0.2, 0.25) is 5.02 Å². The Morgan fingerprint density at radius 2 is 2.06 bits per heavy atom. The zero-order valence-corrected chi connectivity index (χ0v) is 9.18. The summed E-state index contributed by atoms with van der Waals surface area (Å²) in [4.78, 5) is 25.6. The zero-order chi connectivity index (χ0) is 12.6. The van der Waals surface area contributed by atoms with Crippen molar-refractivity contribution in [2.45, 2.75) is 6.42 Å². The molecule has 0 bridgehead atoms. The minimum atomic E-state index is -1.19. The molecule has 0 amide bonds. The molecule has 2 aromatic heterocycles. The number of pyridine rings is 1. The van der Waals surface area contributed by atoms with Crippen molar-refractivity contribution in [2.24, 2.45) is 0 Å². The van der Waals surface area contributed by atoms with Gasteiger partial charge >= 0.3 is 11.9 Å². The lowest BCUT2D eigenvalue weighted by molar-refractivity contribution is -0.136. The number of hydrogen-bond donors (Lipinski definition) is 2. The molecule has 0 radical (unpaired) electrons. The summed E-state index contributed by atoms with van der Waals surface area (Å²) < 4.78 is 1.23. The molecule has 17 heavy (non-hydrogen) atoms. The van der Waals surface area contributed by atoms with Crippen LogP contribution >= 0.6 is 11.6 Å². The van der Waals surface area contributed by atoms with Gasteiger partial charge in [-0.15, -0.1) is 0 Å². The Morgan fingerprint density at radius 1 is 1.35 bits per heavy atom. The van der Waals surface area contributed by atoms with Crippen molar-refractivity contribution >= 4 is 29.2 Å². The molecule has 0 aliphatic heterocycles. The number of rotatable bonds is 3. The number of imidazole rings is 1. The predicted octanol–water partition coefficient (Wildman–Crippen LogP) is 1.31. The van der Waals surface area contributed by atoms with Gasteiger partial charge in [0.1, 0.15) is 5.65 Å². The second-order valence-electron chi connectivity index (χ2n) is 3.34. The number of nitrogens with zero attached hydrogens (tertiary/aromatic N) is 2. The number of carboxylic acids is 2. The minimum absolute atomic E-state index is 0.112. The molecule has 7 heteroatoms. The minimum Gasteiger partial charge on any atom is -0.481 e. The van der Waals surface area contributed by atoms with Crippen LogP contribution in [0, 0.1) is 0 Å². The molecule has 0 fully saturated rings. The number of aromatic nitrogens is 2. The summed E-state index contributed by atoms with van der Waals surface area (Å²) >= 11 is 5.88. The van der Waals surface area contributed by atoms with Crippen LogP contribution in [0.25, 0.3) is 5.65 Å². The molecule has 0 atom stereocenters. The van der Waals surface area contributed by atoms with Gasteiger partial charge in [-0.25, -0.2) is 9.78 Å². The first-order valence-electron chi connectivity index (χ1n) is 4.60. The third-order valence-corrected chi connectivity index (χ3v) is 2.60. The monoisotopic (exact) mass is 254 g/mol. The molecule has 0 unspecified atom stereocenters. The van der Waals surface area contributed by atoms with Crippen LogP contribution in [0.3, 0.4) is 0 Å². The van der Waals surface area contributed by atoms with Gasteiger partial charge in [-0.05, 0) is 12.1 Å². The number of fused-ring (bicyclic) bond motifs is 1. The number of carboxylic acid groups (broad SMARTS) is 2. The molecule has 0 aromatic carbocycles. The van der Waals surface area contributed by atoms with Gasteiger partial charge in [0.05, 0.1) is 23.3 Å². The molecule has 0 saturated heterocycles. The third kappa shape index (κ3) is 1.94. The summed E-state index contributed by atoms with van der Waals surface area (Å²) in [6, 6.07) is 3.02. The summed E-state index contributed by atoms with van der Waals surface area (Å²) in [6.45, 7) is 0. The van der Waals surface area contributed by atoms with Crippen molar-refractivity contribution < 1.29 is 19.8 Å². The Balaban J connectivity index is 2.77. The van der Waals surface area contributed by atoms with Crippen LogP contribution in [0.15, 0.2) is 18.3 Å². The van der Waals surface area contributed by atoms with Crippen molar-refractivity contribution in [2.75, 3.05) is 0 Å². The fourth-order valence-corrected chi connectivity index (χ4v) is 1.79. The lowest BCUT2D eigenvalue weighted by Gasteiger charge is -2.07. The zero-order valence-electron chi connectivity index (χ0n) is 8.42. The molecule has 2 heterocycles. The summed E-state index contributed by atoms with van der Waals surface area (Å²) in [6.07, 6.45) is 0.798. The van der Waals surface area contributed by atoms with Gasteiger partial charge in [-0.3, -0.25) is 9.20 Å². The first kappa shape index (κ1) is 11.4. The Labute approximate surface area is 100 Å². The lowest BCUT2D eigenvalue weighted by atomic mass is 10.2. The normalized spacial score (nSPS) is 10.6. The molecule has 2 N–H and O–H groups in total. The molecule has 2 aromatic rings. The summed E-state index contributed by atoms with van der Waals surface area (Å²) in [5.74, 6) is -2.28. The fourth-order valence-electron chi connectivity index (χ4n) is 1.58. The molecule has 0 aliphatic carbocycles. The van der Waals surface area contributed by atoms with E-state index in [1.54, 1.807) is 0 Å². The summed E-state index contributed by atoms with van der Waals surface area (Å²) in [5, 5.41) is 17.9. The maximum absolute atomic E-state index is 11.0. The van der Waals surface area contributed by atoms with Crippen molar-refractivity contribution in [1.29, 1.82) is 0 Å². The summed E-state index contributed by atoms with van der Waals surface area (Å²) in [7, 11) is 0. The molecule has 6 nitrogen and oxygen atoms in total. The van der Waals surface area contributed by atoms with Crippen LogP contribution in [0.4, 0.5) is 0 Å². The van der Waals surface area contributed by atoms with Crippen molar-refractivity contribution in [3.05, 3.63) is 34.7 Å². The maximum atomic E-state index is 11.0. The molecule has 88 valence electrons. The average molecular weight is 255 g/mol. The Morgan fingerprint density at radius 3 is 2.65 bits per heavy atom.